The zero-order valence-electron chi connectivity index (χ0n) is 11.3. The van der Waals surface area contributed by atoms with Crippen LogP contribution in [0.15, 0.2) is 53.4 Å². The molecule has 110 valence electrons. The molecule has 2 rings (SSSR count). The summed E-state index contributed by atoms with van der Waals surface area (Å²) in [5.41, 5.74) is 0.905. The average Bonchev–Trinajstić information content (AvgIpc) is 2.44. The van der Waals surface area contributed by atoms with Gasteiger partial charge in [0.1, 0.15) is 5.82 Å². The van der Waals surface area contributed by atoms with Gasteiger partial charge in [-0.05, 0) is 30.3 Å². The molecule has 0 unspecified atom stereocenters. The highest BCUT2D eigenvalue weighted by Gasteiger charge is 2.10. The normalized spacial score (nSPS) is 11.1. The fourth-order valence-corrected chi connectivity index (χ4v) is 2.40. The van der Waals surface area contributed by atoms with Gasteiger partial charge in [-0.15, -0.1) is 0 Å². The first-order valence-corrected chi connectivity index (χ1v) is 8.08. The number of carbonyl (C=O) groups excluding carboxylic acids is 1. The van der Waals surface area contributed by atoms with E-state index in [-0.39, 0.29) is 23.0 Å². The second-order valence-corrected chi connectivity index (χ2v) is 6.60. The molecule has 0 aromatic heterocycles. The molecule has 0 amide bonds. The molecule has 0 spiro atoms. The Hall–Kier alpha value is -2.21. The Morgan fingerprint density at radius 1 is 1.14 bits per heavy atom. The lowest BCUT2D eigenvalue weighted by molar-refractivity contribution is 0.101. The summed E-state index contributed by atoms with van der Waals surface area (Å²) in [6.45, 7) is 0.00166. The Bertz CT molecular complexity index is 755. The smallest absolute Gasteiger partial charge is 0.181 e. The number of ketones is 1. The minimum absolute atomic E-state index is 0.00166. The Morgan fingerprint density at radius 2 is 1.81 bits per heavy atom. The number of hydrogen-bond acceptors (Lipinski definition) is 4. The minimum atomic E-state index is -3.27. The van der Waals surface area contributed by atoms with Crippen LogP contribution in [0.5, 0.6) is 0 Å². The van der Waals surface area contributed by atoms with Crippen molar-refractivity contribution in [1.82, 2.24) is 0 Å². The molecule has 2 aromatic rings. The topological polar surface area (TPSA) is 63.2 Å². The van der Waals surface area contributed by atoms with Gasteiger partial charge in [-0.1, -0.05) is 18.2 Å². The Labute approximate surface area is 122 Å². The fourth-order valence-electron chi connectivity index (χ4n) is 1.77. The van der Waals surface area contributed by atoms with Gasteiger partial charge in [0.15, 0.2) is 15.6 Å². The standard InChI is InChI=1S/C15H14FNO3S/c1-21(19,20)14-7-5-11(6-8-14)15(18)10-17-13-4-2-3-12(16)9-13/h2-9,17H,10H2,1H3. The third kappa shape index (κ3) is 4.13. The van der Waals surface area contributed by atoms with E-state index in [0.29, 0.717) is 11.3 Å². The van der Waals surface area contributed by atoms with Crippen LogP contribution in [0.4, 0.5) is 10.1 Å². The second-order valence-electron chi connectivity index (χ2n) is 4.58. The van der Waals surface area contributed by atoms with Crippen LogP contribution < -0.4 is 5.32 Å². The molecule has 0 aliphatic heterocycles. The van der Waals surface area contributed by atoms with Gasteiger partial charge in [0, 0.05) is 17.5 Å². The molecule has 21 heavy (non-hydrogen) atoms. The first-order valence-electron chi connectivity index (χ1n) is 6.19. The van der Waals surface area contributed by atoms with Crippen LogP contribution in [0.25, 0.3) is 0 Å². The summed E-state index contributed by atoms with van der Waals surface area (Å²) in [5, 5.41) is 2.82. The first kappa shape index (κ1) is 15.2. The molecule has 2 aromatic carbocycles. The summed E-state index contributed by atoms with van der Waals surface area (Å²) in [6.07, 6.45) is 1.11. The van der Waals surface area contributed by atoms with Gasteiger partial charge in [0.05, 0.1) is 11.4 Å². The van der Waals surface area contributed by atoms with Crippen LogP contribution in [0.3, 0.4) is 0 Å². The van der Waals surface area contributed by atoms with Gasteiger partial charge >= 0.3 is 0 Å². The van der Waals surface area contributed by atoms with Crippen molar-refractivity contribution in [2.45, 2.75) is 4.90 Å². The molecule has 0 aliphatic carbocycles. The molecular formula is C15H14FNO3S. The Kier molecular flexibility index (Phi) is 4.37. The van der Waals surface area contributed by atoms with Crippen LogP contribution in [0.1, 0.15) is 10.4 Å². The first-order chi connectivity index (χ1) is 9.86. The molecule has 1 N–H and O–H groups in total. The molecule has 4 nitrogen and oxygen atoms in total. The van der Waals surface area contributed by atoms with Gasteiger partial charge < -0.3 is 5.32 Å². The zero-order valence-corrected chi connectivity index (χ0v) is 12.2. The lowest BCUT2D eigenvalue weighted by Crippen LogP contribution is -2.14. The Balaban J connectivity index is 2.04. The molecule has 0 radical (unpaired) electrons. The number of hydrogen-bond donors (Lipinski definition) is 1. The van der Waals surface area contributed by atoms with Crippen molar-refractivity contribution in [1.29, 1.82) is 0 Å². The van der Waals surface area contributed by atoms with E-state index in [1.54, 1.807) is 12.1 Å². The maximum absolute atomic E-state index is 13.0. The summed E-state index contributed by atoms with van der Waals surface area (Å²) in [6, 6.07) is 11.5. The summed E-state index contributed by atoms with van der Waals surface area (Å²) in [7, 11) is -3.27. The molecule has 0 saturated heterocycles. The van der Waals surface area contributed by atoms with Crippen molar-refractivity contribution in [3.05, 3.63) is 59.9 Å². The van der Waals surface area contributed by atoms with E-state index < -0.39 is 9.84 Å². The highest BCUT2D eigenvalue weighted by atomic mass is 32.2. The summed E-state index contributed by atoms with van der Waals surface area (Å²) in [4.78, 5) is 12.1. The lowest BCUT2D eigenvalue weighted by atomic mass is 10.1. The molecule has 0 atom stereocenters. The predicted molar refractivity (Wildman–Crippen MR) is 78.8 cm³/mol. The van der Waals surface area contributed by atoms with Crippen LogP contribution >= 0.6 is 0 Å². The summed E-state index contributed by atoms with van der Waals surface area (Å²) >= 11 is 0. The molecular weight excluding hydrogens is 293 g/mol. The number of nitrogens with one attached hydrogen (secondary N) is 1. The largest absolute Gasteiger partial charge is 0.377 e. The molecule has 6 heteroatoms. The number of anilines is 1. The van der Waals surface area contributed by atoms with E-state index in [1.165, 1.54) is 36.4 Å². The lowest BCUT2D eigenvalue weighted by Gasteiger charge is -2.06. The maximum Gasteiger partial charge on any atom is 0.181 e. The van der Waals surface area contributed by atoms with Gasteiger partial charge in [0.25, 0.3) is 0 Å². The molecule has 0 bridgehead atoms. The van der Waals surface area contributed by atoms with Crippen LogP contribution in [0, 0.1) is 5.82 Å². The van der Waals surface area contributed by atoms with E-state index >= 15 is 0 Å². The third-order valence-corrected chi connectivity index (χ3v) is 4.01. The van der Waals surface area contributed by atoms with Crippen molar-refractivity contribution >= 4 is 21.3 Å². The SMILES string of the molecule is CS(=O)(=O)c1ccc(C(=O)CNc2cccc(F)c2)cc1. The monoisotopic (exact) mass is 307 g/mol. The number of carbonyl (C=O) groups is 1. The number of halogens is 1. The molecule has 0 saturated carbocycles. The maximum atomic E-state index is 13.0. The van der Waals surface area contributed by atoms with Gasteiger partial charge in [-0.3, -0.25) is 4.79 Å². The van der Waals surface area contributed by atoms with E-state index in [1.807, 2.05) is 0 Å². The van der Waals surface area contributed by atoms with Crippen LogP contribution in [-0.4, -0.2) is 27.0 Å². The van der Waals surface area contributed by atoms with Gasteiger partial charge in [-0.25, -0.2) is 12.8 Å². The minimum Gasteiger partial charge on any atom is -0.377 e. The van der Waals surface area contributed by atoms with E-state index in [2.05, 4.69) is 5.32 Å². The molecule has 0 aliphatic rings. The number of sulfone groups is 1. The van der Waals surface area contributed by atoms with Crippen molar-refractivity contribution in [3.8, 4) is 0 Å². The van der Waals surface area contributed by atoms with Crippen molar-refractivity contribution in [2.75, 3.05) is 18.1 Å². The highest BCUT2D eigenvalue weighted by Crippen LogP contribution is 2.12. The summed E-state index contributed by atoms with van der Waals surface area (Å²) in [5.74, 6) is -0.593. The fraction of sp³-hybridized carbons (Fsp3) is 0.133. The van der Waals surface area contributed by atoms with Crippen molar-refractivity contribution in [2.24, 2.45) is 0 Å². The molecule has 0 fully saturated rings. The van der Waals surface area contributed by atoms with E-state index in [9.17, 15) is 17.6 Å². The van der Waals surface area contributed by atoms with Gasteiger partial charge in [0.2, 0.25) is 0 Å². The number of rotatable bonds is 5. The Morgan fingerprint density at radius 3 is 2.38 bits per heavy atom. The number of benzene rings is 2. The quantitative estimate of drug-likeness (QED) is 0.862. The average molecular weight is 307 g/mol. The second kappa shape index (κ2) is 6.05. The van der Waals surface area contributed by atoms with Crippen molar-refractivity contribution < 1.29 is 17.6 Å². The third-order valence-electron chi connectivity index (χ3n) is 2.88. The highest BCUT2D eigenvalue weighted by molar-refractivity contribution is 7.90. The van der Waals surface area contributed by atoms with Crippen LogP contribution in [0.2, 0.25) is 0 Å². The van der Waals surface area contributed by atoms with Crippen LogP contribution in [-0.2, 0) is 9.84 Å². The molecule has 0 heterocycles. The number of Topliss-reactive ketones (excluding diaryl/α,β-unsaturated/α-hetero) is 1. The van der Waals surface area contributed by atoms with Gasteiger partial charge in [-0.2, -0.15) is 0 Å². The van der Waals surface area contributed by atoms with E-state index in [0.717, 1.165) is 6.26 Å². The predicted octanol–water partition coefficient (Wildman–Crippen LogP) is 2.52. The van der Waals surface area contributed by atoms with E-state index in [4.69, 9.17) is 0 Å². The van der Waals surface area contributed by atoms with Crippen molar-refractivity contribution in [3.63, 3.8) is 0 Å². The summed E-state index contributed by atoms with van der Waals surface area (Å²) < 4.78 is 35.6. The zero-order chi connectivity index (χ0) is 15.5.